The lowest BCUT2D eigenvalue weighted by Crippen LogP contribution is -2.14. The third-order valence-electron chi connectivity index (χ3n) is 3.84. The highest BCUT2D eigenvalue weighted by Gasteiger charge is 2.18. The minimum atomic E-state index is -0.171. The molecule has 26 heavy (non-hydrogen) atoms. The lowest BCUT2D eigenvalue weighted by atomic mass is 10.2. The molecule has 4 rings (SSSR count). The number of fused-ring (bicyclic) bond motifs is 1. The van der Waals surface area contributed by atoms with Crippen molar-refractivity contribution in [1.82, 2.24) is 9.97 Å². The zero-order valence-electron chi connectivity index (χ0n) is 14.3. The second kappa shape index (κ2) is 6.61. The monoisotopic (exact) mass is 364 g/mol. The number of benzene rings is 1. The second-order valence-corrected chi connectivity index (χ2v) is 6.77. The number of nitrogens with zero attached hydrogens (tertiary/aromatic N) is 3. The summed E-state index contributed by atoms with van der Waals surface area (Å²) in [6.45, 7) is 0. The van der Waals surface area contributed by atoms with Crippen LogP contribution in [-0.4, -0.2) is 30.0 Å². The maximum Gasteiger partial charge on any atom is 0.255 e. The van der Waals surface area contributed by atoms with Gasteiger partial charge in [0.15, 0.2) is 5.76 Å². The molecule has 4 aromatic rings. The van der Waals surface area contributed by atoms with Crippen LogP contribution in [0.1, 0.15) is 10.4 Å². The normalized spacial score (nSPS) is 10.8. The average Bonchev–Trinajstić information content (AvgIpc) is 3.32. The van der Waals surface area contributed by atoms with Gasteiger partial charge in [0.2, 0.25) is 5.95 Å². The number of furan rings is 1. The van der Waals surface area contributed by atoms with Gasteiger partial charge in [0, 0.05) is 25.0 Å². The Balaban J connectivity index is 1.81. The summed E-state index contributed by atoms with van der Waals surface area (Å²) in [5, 5.41) is 4.83. The van der Waals surface area contributed by atoms with E-state index in [2.05, 4.69) is 15.3 Å². The van der Waals surface area contributed by atoms with E-state index in [4.69, 9.17) is 4.42 Å². The van der Waals surface area contributed by atoms with Crippen LogP contribution < -0.4 is 10.2 Å². The van der Waals surface area contributed by atoms with Crippen LogP contribution in [0.15, 0.2) is 58.5 Å². The minimum Gasteiger partial charge on any atom is -0.463 e. The van der Waals surface area contributed by atoms with Gasteiger partial charge in [-0.3, -0.25) is 4.79 Å². The molecule has 6 nitrogen and oxygen atoms in total. The molecule has 0 aliphatic rings. The van der Waals surface area contributed by atoms with Crippen molar-refractivity contribution in [3.8, 4) is 11.5 Å². The first kappa shape index (κ1) is 16.3. The first-order chi connectivity index (χ1) is 12.6. The van der Waals surface area contributed by atoms with Crippen LogP contribution >= 0.6 is 11.3 Å². The number of aromatic nitrogens is 2. The smallest absolute Gasteiger partial charge is 0.255 e. The summed E-state index contributed by atoms with van der Waals surface area (Å²) in [7, 11) is 3.75. The minimum absolute atomic E-state index is 0.171. The zero-order valence-corrected chi connectivity index (χ0v) is 15.1. The van der Waals surface area contributed by atoms with E-state index in [1.807, 2.05) is 54.7 Å². The Morgan fingerprint density at radius 2 is 1.92 bits per heavy atom. The second-order valence-electron chi connectivity index (χ2n) is 5.89. The molecule has 1 amide bonds. The molecule has 3 heterocycles. The van der Waals surface area contributed by atoms with Gasteiger partial charge in [-0.15, -0.1) is 11.3 Å². The Hall–Kier alpha value is -3.19. The number of rotatable bonds is 4. The third kappa shape index (κ3) is 2.93. The maximum absolute atomic E-state index is 12.5. The molecule has 0 aliphatic carbocycles. The van der Waals surface area contributed by atoms with Gasteiger partial charge in [0.05, 0.1) is 16.7 Å². The fraction of sp³-hybridized carbons (Fsp3) is 0.105. The molecule has 1 aromatic carbocycles. The van der Waals surface area contributed by atoms with E-state index in [0.717, 1.165) is 4.70 Å². The van der Waals surface area contributed by atoms with E-state index in [1.165, 1.54) is 11.3 Å². The Labute approximate surface area is 154 Å². The number of thiophene rings is 1. The first-order valence-corrected chi connectivity index (χ1v) is 8.88. The lowest BCUT2D eigenvalue weighted by Gasteiger charge is -2.12. The molecule has 1 N–H and O–H groups in total. The number of amides is 1. The molecule has 0 aliphatic heterocycles. The van der Waals surface area contributed by atoms with Crippen molar-refractivity contribution < 1.29 is 9.21 Å². The van der Waals surface area contributed by atoms with Crippen LogP contribution in [0.5, 0.6) is 0 Å². The third-order valence-corrected chi connectivity index (χ3v) is 4.82. The van der Waals surface area contributed by atoms with E-state index in [-0.39, 0.29) is 5.91 Å². The molecular weight excluding hydrogens is 348 g/mol. The Morgan fingerprint density at radius 1 is 1.12 bits per heavy atom. The van der Waals surface area contributed by atoms with Gasteiger partial charge >= 0.3 is 0 Å². The Bertz CT molecular complexity index is 1060. The van der Waals surface area contributed by atoms with Crippen molar-refractivity contribution in [2.75, 3.05) is 24.3 Å². The highest BCUT2D eigenvalue weighted by molar-refractivity contribution is 7.18. The van der Waals surface area contributed by atoms with E-state index in [1.54, 1.807) is 18.4 Å². The summed E-state index contributed by atoms with van der Waals surface area (Å²) < 4.78 is 6.40. The summed E-state index contributed by atoms with van der Waals surface area (Å²) in [5.41, 5.74) is 2.68. The molecule has 3 aromatic heterocycles. The van der Waals surface area contributed by atoms with E-state index in [0.29, 0.717) is 34.2 Å². The highest BCUT2D eigenvalue weighted by atomic mass is 32.1. The predicted molar refractivity (Wildman–Crippen MR) is 104 cm³/mol. The average molecular weight is 364 g/mol. The van der Waals surface area contributed by atoms with Crippen molar-refractivity contribution >= 4 is 39.1 Å². The van der Waals surface area contributed by atoms with Gasteiger partial charge in [-0.05, 0) is 24.3 Å². The van der Waals surface area contributed by atoms with Gasteiger partial charge in [-0.1, -0.05) is 18.2 Å². The standard InChI is InChI=1S/C19H16N4O2S/c1-23(2)19-21-15-13(20-18(24)12-7-4-3-5-8-12)11-26-17(15)16(22-19)14-9-6-10-25-14/h3-11H,1-2H3,(H,20,24). The fourth-order valence-electron chi connectivity index (χ4n) is 2.56. The van der Waals surface area contributed by atoms with Gasteiger partial charge < -0.3 is 14.6 Å². The van der Waals surface area contributed by atoms with Crippen LogP contribution in [0.3, 0.4) is 0 Å². The molecular formula is C19H16N4O2S. The van der Waals surface area contributed by atoms with Gasteiger partial charge in [-0.2, -0.15) is 0 Å². The van der Waals surface area contributed by atoms with Crippen LogP contribution in [0.4, 0.5) is 11.6 Å². The number of carbonyl (C=O) groups excluding carboxylic acids is 1. The Kier molecular flexibility index (Phi) is 4.14. The number of hydrogen-bond acceptors (Lipinski definition) is 6. The van der Waals surface area contributed by atoms with Gasteiger partial charge in [0.25, 0.3) is 5.91 Å². The molecule has 0 saturated carbocycles. The van der Waals surface area contributed by atoms with Crippen molar-refractivity contribution in [2.45, 2.75) is 0 Å². The van der Waals surface area contributed by atoms with E-state index >= 15 is 0 Å². The fourth-order valence-corrected chi connectivity index (χ4v) is 3.49. The van der Waals surface area contributed by atoms with Crippen LogP contribution in [0.2, 0.25) is 0 Å². The molecule has 0 unspecified atom stereocenters. The molecule has 0 saturated heterocycles. The van der Waals surface area contributed by atoms with Crippen LogP contribution in [-0.2, 0) is 0 Å². The summed E-state index contributed by atoms with van der Waals surface area (Å²) >= 11 is 1.48. The molecule has 130 valence electrons. The highest BCUT2D eigenvalue weighted by Crippen LogP contribution is 2.37. The van der Waals surface area contributed by atoms with Crippen LogP contribution in [0.25, 0.3) is 21.7 Å². The predicted octanol–water partition coefficient (Wildman–Crippen LogP) is 4.27. The first-order valence-electron chi connectivity index (χ1n) is 8.00. The molecule has 0 radical (unpaired) electrons. The maximum atomic E-state index is 12.5. The molecule has 7 heteroatoms. The molecule has 0 bridgehead atoms. The largest absolute Gasteiger partial charge is 0.463 e. The molecule has 0 fully saturated rings. The molecule has 0 spiro atoms. The molecule has 0 atom stereocenters. The lowest BCUT2D eigenvalue weighted by molar-refractivity contribution is 0.102. The van der Waals surface area contributed by atoms with Crippen molar-refractivity contribution in [3.05, 3.63) is 59.7 Å². The summed E-state index contributed by atoms with van der Waals surface area (Å²) in [5.74, 6) is 1.05. The topological polar surface area (TPSA) is 71.3 Å². The summed E-state index contributed by atoms with van der Waals surface area (Å²) in [6, 6.07) is 12.8. The van der Waals surface area contributed by atoms with E-state index < -0.39 is 0 Å². The number of nitrogens with one attached hydrogen (secondary N) is 1. The van der Waals surface area contributed by atoms with E-state index in [9.17, 15) is 4.79 Å². The SMILES string of the molecule is CN(C)c1nc(-c2ccco2)c2scc(NC(=O)c3ccccc3)c2n1. The number of carbonyl (C=O) groups is 1. The van der Waals surface area contributed by atoms with Crippen molar-refractivity contribution in [2.24, 2.45) is 0 Å². The summed E-state index contributed by atoms with van der Waals surface area (Å²) in [4.78, 5) is 23.6. The Morgan fingerprint density at radius 3 is 2.62 bits per heavy atom. The van der Waals surface area contributed by atoms with Crippen molar-refractivity contribution in [3.63, 3.8) is 0 Å². The van der Waals surface area contributed by atoms with Gasteiger partial charge in [0.1, 0.15) is 11.2 Å². The van der Waals surface area contributed by atoms with Gasteiger partial charge in [-0.25, -0.2) is 9.97 Å². The zero-order chi connectivity index (χ0) is 18.1. The quantitative estimate of drug-likeness (QED) is 0.585. The van der Waals surface area contributed by atoms with Crippen LogP contribution in [0, 0.1) is 0 Å². The number of hydrogen-bond donors (Lipinski definition) is 1. The van der Waals surface area contributed by atoms with Crippen molar-refractivity contribution in [1.29, 1.82) is 0 Å². The number of anilines is 2. The summed E-state index contributed by atoms with van der Waals surface area (Å²) in [6.07, 6.45) is 1.62.